The SMILES string of the molecule is O=C(O)c1ccc(CCCN2C(=O)CC[C@]23C[C@@H]3CCCc2cccc(C(F)(F)F)c2)s1. The molecular weight excluding hydrogens is 439 g/mol. The molecule has 1 saturated carbocycles. The van der Waals surface area contributed by atoms with Crippen molar-refractivity contribution in [2.24, 2.45) is 5.92 Å². The predicted molar refractivity (Wildman–Crippen MR) is 116 cm³/mol. The van der Waals surface area contributed by atoms with Gasteiger partial charge in [0, 0.05) is 23.4 Å². The van der Waals surface area contributed by atoms with Crippen LogP contribution in [0.15, 0.2) is 36.4 Å². The molecule has 0 unspecified atom stereocenters. The van der Waals surface area contributed by atoms with Crippen LogP contribution in [0.4, 0.5) is 13.2 Å². The van der Waals surface area contributed by atoms with E-state index < -0.39 is 17.7 Å². The summed E-state index contributed by atoms with van der Waals surface area (Å²) in [5, 5.41) is 9.04. The maximum atomic E-state index is 12.9. The summed E-state index contributed by atoms with van der Waals surface area (Å²) in [6.45, 7) is 0.670. The summed E-state index contributed by atoms with van der Waals surface area (Å²) in [5.74, 6) is -0.316. The number of benzene rings is 1. The monoisotopic (exact) mass is 465 g/mol. The first kappa shape index (κ1) is 22.8. The van der Waals surface area contributed by atoms with E-state index in [4.69, 9.17) is 5.11 Å². The molecule has 172 valence electrons. The highest BCUT2D eigenvalue weighted by Crippen LogP contribution is 2.57. The van der Waals surface area contributed by atoms with Crippen LogP contribution in [-0.4, -0.2) is 34.0 Å². The fraction of sp³-hybridized carbons (Fsp3) is 0.500. The summed E-state index contributed by atoms with van der Waals surface area (Å²) >= 11 is 1.28. The largest absolute Gasteiger partial charge is 0.477 e. The molecule has 1 aromatic carbocycles. The van der Waals surface area contributed by atoms with E-state index in [0.717, 1.165) is 49.5 Å². The Hall–Kier alpha value is -2.35. The lowest BCUT2D eigenvalue weighted by molar-refractivity contribution is -0.137. The topological polar surface area (TPSA) is 57.6 Å². The number of alkyl halides is 3. The average molecular weight is 466 g/mol. The third-order valence-electron chi connectivity index (χ3n) is 6.76. The van der Waals surface area contributed by atoms with Crippen LogP contribution < -0.4 is 0 Å². The summed E-state index contributed by atoms with van der Waals surface area (Å²) in [4.78, 5) is 26.9. The predicted octanol–water partition coefficient (Wildman–Crippen LogP) is 5.80. The zero-order chi connectivity index (χ0) is 22.9. The molecule has 4 rings (SSSR count). The minimum absolute atomic E-state index is 0.0629. The summed E-state index contributed by atoms with van der Waals surface area (Å²) in [7, 11) is 0. The van der Waals surface area contributed by atoms with Gasteiger partial charge in [-0.25, -0.2) is 4.79 Å². The number of hydrogen-bond donors (Lipinski definition) is 1. The Labute approximate surface area is 189 Å². The van der Waals surface area contributed by atoms with Gasteiger partial charge in [0.1, 0.15) is 4.88 Å². The molecule has 2 heterocycles. The van der Waals surface area contributed by atoms with Crippen LogP contribution in [-0.2, 0) is 23.8 Å². The fourth-order valence-corrected chi connectivity index (χ4v) is 5.95. The van der Waals surface area contributed by atoms with Crippen LogP contribution in [0, 0.1) is 5.92 Å². The highest BCUT2D eigenvalue weighted by atomic mass is 32.1. The zero-order valence-electron chi connectivity index (χ0n) is 17.7. The third kappa shape index (κ3) is 4.85. The van der Waals surface area contributed by atoms with Crippen molar-refractivity contribution in [3.8, 4) is 0 Å². The van der Waals surface area contributed by atoms with Crippen LogP contribution in [0.2, 0.25) is 0 Å². The number of amides is 1. The number of thiophene rings is 1. The molecule has 1 aliphatic carbocycles. The molecule has 4 nitrogen and oxygen atoms in total. The summed E-state index contributed by atoms with van der Waals surface area (Å²) < 4.78 is 38.7. The number of rotatable bonds is 9. The van der Waals surface area contributed by atoms with Crippen molar-refractivity contribution in [1.82, 2.24) is 4.90 Å². The molecule has 2 aliphatic rings. The zero-order valence-corrected chi connectivity index (χ0v) is 18.5. The van der Waals surface area contributed by atoms with E-state index in [0.29, 0.717) is 35.7 Å². The summed E-state index contributed by atoms with van der Waals surface area (Å²) in [6, 6.07) is 8.98. The Kier molecular flexibility index (Phi) is 6.34. The molecule has 2 aromatic rings. The third-order valence-corrected chi connectivity index (χ3v) is 7.89. The molecule has 1 aliphatic heterocycles. The fourth-order valence-electron chi connectivity index (χ4n) is 5.06. The molecule has 2 atom stereocenters. The molecular formula is C24H26F3NO3S. The second-order valence-electron chi connectivity index (χ2n) is 8.82. The van der Waals surface area contributed by atoms with Gasteiger partial charge in [0.2, 0.25) is 5.91 Å². The van der Waals surface area contributed by atoms with Gasteiger partial charge in [-0.1, -0.05) is 18.2 Å². The second-order valence-corrected chi connectivity index (χ2v) is 9.98. The number of hydrogen-bond acceptors (Lipinski definition) is 3. The van der Waals surface area contributed by atoms with Gasteiger partial charge in [-0.05, 0) is 74.6 Å². The molecule has 1 saturated heterocycles. The minimum Gasteiger partial charge on any atom is -0.477 e. The quantitative estimate of drug-likeness (QED) is 0.509. The molecule has 8 heteroatoms. The second kappa shape index (κ2) is 8.89. The number of aromatic carboxylic acids is 1. The highest BCUT2D eigenvalue weighted by Gasteiger charge is 2.61. The van der Waals surface area contributed by atoms with E-state index in [2.05, 4.69) is 0 Å². The molecule has 1 N–H and O–H groups in total. The molecule has 1 spiro atoms. The molecule has 32 heavy (non-hydrogen) atoms. The first-order valence-electron chi connectivity index (χ1n) is 11.0. The van der Waals surface area contributed by atoms with Crippen LogP contribution in [0.1, 0.15) is 64.2 Å². The summed E-state index contributed by atoms with van der Waals surface area (Å²) in [6.07, 6.45) is 1.95. The van der Waals surface area contributed by atoms with Gasteiger partial charge in [0.15, 0.2) is 0 Å². The van der Waals surface area contributed by atoms with E-state index in [1.807, 2.05) is 11.0 Å². The Balaban J connectivity index is 1.26. The van der Waals surface area contributed by atoms with Crippen molar-refractivity contribution in [2.45, 2.75) is 63.1 Å². The minimum atomic E-state index is -4.32. The van der Waals surface area contributed by atoms with Gasteiger partial charge in [0.05, 0.1) is 5.56 Å². The van der Waals surface area contributed by atoms with Gasteiger partial charge in [-0.2, -0.15) is 13.2 Å². The van der Waals surface area contributed by atoms with Crippen LogP contribution in [0.25, 0.3) is 0 Å². The normalized spacial score (nSPS) is 22.7. The first-order chi connectivity index (χ1) is 15.2. The maximum absolute atomic E-state index is 12.9. The summed E-state index contributed by atoms with van der Waals surface area (Å²) in [5.41, 5.74) is 0.0317. The molecule has 0 bridgehead atoms. The van der Waals surface area contributed by atoms with Gasteiger partial charge in [-0.3, -0.25) is 4.79 Å². The Morgan fingerprint density at radius 1 is 1.19 bits per heavy atom. The van der Waals surface area contributed by atoms with E-state index in [1.165, 1.54) is 23.5 Å². The number of carboxylic acid groups (broad SMARTS) is 1. The van der Waals surface area contributed by atoms with Crippen molar-refractivity contribution in [1.29, 1.82) is 0 Å². The molecule has 2 fully saturated rings. The number of halogens is 3. The van der Waals surface area contributed by atoms with Crippen LogP contribution >= 0.6 is 11.3 Å². The lowest BCUT2D eigenvalue weighted by atomic mass is 10.0. The van der Waals surface area contributed by atoms with Crippen LogP contribution in [0.3, 0.4) is 0 Å². The number of likely N-dealkylation sites (tertiary alicyclic amines) is 1. The van der Waals surface area contributed by atoms with E-state index in [-0.39, 0.29) is 11.4 Å². The van der Waals surface area contributed by atoms with Crippen molar-refractivity contribution in [3.63, 3.8) is 0 Å². The molecule has 1 amide bonds. The van der Waals surface area contributed by atoms with Crippen molar-refractivity contribution in [3.05, 3.63) is 57.3 Å². The Morgan fingerprint density at radius 2 is 2.00 bits per heavy atom. The lowest BCUT2D eigenvalue weighted by Crippen LogP contribution is -2.37. The lowest BCUT2D eigenvalue weighted by Gasteiger charge is -2.26. The number of aryl methyl sites for hydroxylation is 2. The van der Waals surface area contributed by atoms with E-state index in [1.54, 1.807) is 12.1 Å². The molecule has 1 aromatic heterocycles. The van der Waals surface area contributed by atoms with Gasteiger partial charge in [0.25, 0.3) is 0 Å². The highest BCUT2D eigenvalue weighted by molar-refractivity contribution is 7.13. The molecule has 0 radical (unpaired) electrons. The number of carbonyl (C=O) groups is 2. The maximum Gasteiger partial charge on any atom is 0.416 e. The Bertz CT molecular complexity index is 1000. The van der Waals surface area contributed by atoms with Crippen molar-refractivity contribution in [2.75, 3.05) is 6.54 Å². The average Bonchev–Trinajstić information content (AvgIpc) is 3.06. The van der Waals surface area contributed by atoms with Crippen LogP contribution in [0.5, 0.6) is 0 Å². The number of nitrogens with zero attached hydrogens (tertiary/aromatic N) is 1. The van der Waals surface area contributed by atoms with Crippen molar-refractivity contribution >= 4 is 23.2 Å². The van der Waals surface area contributed by atoms with Gasteiger partial charge < -0.3 is 10.0 Å². The number of carbonyl (C=O) groups excluding carboxylic acids is 1. The van der Waals surface area contributed by atoms with Gasteiger partial charge in [-0.15, -0.1) is 11.3 Å². The van der Waals surface area contributed by atoms with Crippen molar-refractivity contribution < 1.29 is 27.9 Å². The van der Waals surface area contributed by atoms with E-state index in [9.17, 15) is 22.8 Å². The van der Waals surface area contributed by atoms with E-state index >= 15 is 0 Å². The smallest absolute Gasteiger partial charge is 0.416 e. The first-order valence-corrected chi connectivity index (χ1v) is 11.8. The standard InChI is InChI=1S/C24H26F3NO3S/c25-24(26,27)17-6-1-4-16(14-17)5-2-7-18-15-23(18)12-11-21(29)28(23)13-3-8-19-9-10-20(32-19)22(30)31/h1,4,6,9-10,14,18H,2-3,5,7-8,11-13,15H2,(H,30,31)/t18-,23+/m0/s1. The van der Waals surface area contributed by atoms with Gasteiger partial charge >= 0.3 is 12.1 Å². The number of carboxylic acids is 1. The Morgan fingerprint density at radius 3 is 2.72 bits per heavy atom.